The van der Waals surface area contributed by atoms with Crippen molar-refractivity contribution >= 4 is 22.9 Å². The van der Waals surface area contributed by atoms with Gasteiger partial charge >= 0.3 is 0 Å². The average molecular weight is 314 g/mol. The standard InChI is InChI=1S/C15H18N6O2/c16-12-11-14(20-13(19-12)10-5-1-2-6-23-10)21-15(18-11)17-8-9-4-3-7-22-9/h3-4,7,10H,1-2,5-6,8H2,(H4,16,17,18,19,20,21). The molecule has 0 bridgehead atoms. The molecule has 0 amide bonds. The van der Waals surface area contributed by atoms with E-state index in [1.54, 1.807) is 6.26 Å². The van der Waals surface area contributed by atoms with Gasteiger partial charge in [0.25, 0.3) is 0 Å². The zero-order valence-corrected chi connectivity index (χ0v) is 12.6. The molecule has 0 radical (unpaired) electrons. The lowest BCUT2D eigenvalue weighted by atomic mass is 10.1. The minimum absolute atomic E-state index is 0.0910. The number of ether oxygens (including phenoxy) is 1. The van der Waals surface area contributed by atoms with Gasteiger partial charge in [-0.15, -0.1) is 0 Å². The number of hydrogen-bond donors (Lipinski definition) is 3. The van der Waals surface area contributed by atoms with E-state index in [-0.39, 0.29) is 6.10 Å². The van der Waals surface area contributed by atoms with Crippen LogP contribution < -0.4 is 11.1 Å². The highest BCUT2D eigenvalue weighted by molar-refractivity contribution is 5.83. The minimum atomic E-state index is -0.0910. The van der Waals surface area contributed by atoms with Gasteiger partial charge in [0.05, 0.1) is 12.8 Å². The molecule has 4 N–H and O–H groups in total. The molecule has 4 heterocycles. The Bertz CT molecular complexity index is 792. The van der Waals surface area contributed by atoms with Crippen molar-refractivity contribution in [2.24, 2.45) is 0 Å². The van der Waals surface area contributed by atoms with Crippen molar-refractivity contribution in [1.82, 2.24) is 19.9 Å². The van der Waals surface area contributed by atoms with Gasteiger partial charge in [-0.2, -0.15) is 4.98 Å². The lowest BCUT2D eigenvalue weighted by molar-refractivity contribution is 0.00973. The van der Waals surface area contributed by atoms with Crippen molar-refractivity contribution in [2.45, 2.75) is 31.9 Å². The van der Waals surface area contributed by atoms with Gasteiger partial charge < -0.3 is 25.2 Å². The molecule has 8 heteroatoms. The average Bonchev–Trinajstić information content (AvgIpc) is 3.23. The first-order valence-corrected chi connectivity index (χ1v) is 7.70. The molecular weight excluding hydrogens is 296 g/mol. The Morgan fingerprint density at radius 2 is 2.26 bits per heavy atom. The van der Waals surface area contributed by atoms with E-state index in [2.05, 4.69) is 25.3 Å². The Hall–Kier alpha value is -2.61. The highest BCUT2D eigenvalue weighted by atomic mass is 16.5. The fourth-order valence-corrected chi connectivity index (χ4v) is 2.69. The van der Waals surface area contributed by atoms with Crippen LogP contribution in [0.5, 0.6) is 0 Å². The molecular formula is C15H18N6O2. The Labute approximate surface area is 132 Å². The first kappa shape index (κ1) is 14.0. The first-order valence-electron chi connectivity index (χ1n) is 7.70. The summed E-state index contributed by atoms with van der Waals surface area (Å²) in [4.78, 5) is 16.4. The highest BCUT2D eigenvalue weighted by Gasteiger charge is 2.21. The molecule has 4 rings (SSSR count). The molecule has 3 aromatic rings. The van der Waals surface area contributed by atoms with Gasteiger partial charge in [-0.3, -0.25) is 0 Å². The van der Waals surface area contributed by atoms with Crippen molar-refractivity contribution in [2.75, 3.05) is 17.7 Å². The van der Waals surface area contributed by atoms with Crippen molar-refractivity contribution in [3.8, 4) is 0 Å². The predicted molar refractivity (Wildman–Crippen MR) is 84.7 cm³/mol. The van der Waals surface area contributed by atoms with E-state index >= 15 is 0 Å². The summed E-state index contributed by atoms with van der Waals surface area (Å²) in [7, 11) is 0. The summed E-state index contributed by atoms with van der Waals surface area (Å²) < 4.78 is 11.0. The Balaban J connectivity index is 1.58. The lowest BCUT2D eigenvalue weighted by Crippen LogP contribution is -2.15. The number of aromatic nitrogens is 4. The van der Waals surface area contributed by atoms with Gasteiger partial charge in [0.15, 0.2) is 17.3 Å². The predicted octanol–water partition coefficient (Wildman–Crippen LogP) is 2.38. The number of hydrogen-bond acceptors (Lipinski definition) is 7. The van der Waals surface area contributed by atoms with E-state index in [4.69, 9.17) is 14.9 Å². The molecule has 1 saturated heterocycles. The lowest BCUT2D eigenvalue weighted by Gasteiger charge is -2.21. The summed E-state index contributed by atoms with van der Waals surface area (Å²) in [5, 5.41) is 3.15. The van der Waals surface area contributed by atoms with E-state index in [1.807, 2.05) is 12.1 Å². The van der Waals surface area contributed by atoms with Crippen LogP contribution in [0.1, 0.15) is 37.0 Å². The number of H-pyrrole nitrogens is 1. The smallest absolute Gasteiger partial charge is 0.203 e. The number of aromatic amines is 1. The molecule has 1 fully saturated rings. The van der Waals surface area contributed by atoms with Gasteiger partial charge in [0.2, 0.25) is 5.95 Å². The van der Waals surface area contributed by atoms with Gasteiger partial charge in [-0.1, -0.05) is 0 Å². The van der Waals surface area contributed by atoms with Gasteiger partial charge in [0, 0.05) is 6.61 Å². The summed E-state index contributed by atoms with van der Waals surface area (Å²) in [5.74, 6) is 2.40. The van der Waals surface area contributed by atoms with Crippen molar-refractivity contribution in [3.63, 3.8) is 0 Å². The molecule has 120 valence electrons. The Morgan fingerprint density at radius 1 is 1.30 bits per heavy atom. The molecule has 23 heavy (non-hydrogen) atoms. The first-order chi connectivity index (χ1) is 11.3. The molecule has 3 aromatic heterocycles. The van der Waals surface area contributed by atoms with Crippen LogP contribution in [0.15, 0.2) is 22.8 Å². The SMILES string of the molecule is Nc1nc(C2CCCCO2)nc2nc(NCc3ccco3)[nH]c12. The molecule has 1 atom stereocenters. The topological polar surface area (TPSA) is 115 Å². The number of nitrogens with one attached hydrogen (secondary N) is 2. The Morgan fingerprint density at radius 3 is 3.04 bits per heavy atom. The number of fused-ring (bicyclic) bond motifs is 1. The van der Waals surface area contributed by atoms with E-state index in [9.17, 15) is 0 Å². The normalized spacial score (nSPS) is 18.3. The fraction of sp³-hybridized carbons (Fsp3) is 0.400. The summed E-state index contributed by atoms with van der Waals surface area (Å²) in [6, 6.07) is 3.73. The number of nitrogens with zero attached hydrogens (tertiary/aromatic N) is 3. The van der Waals surface area contributed by atoms with Crippen LogP contribution in [0.25, 0.3) is 11.2 Å². The van der Waals surface area contributed by atoms with Crippen molar-refractivity contribution < 1.29 is 9.15 Å². The number of anilines is 2. The third-order valence-corrected chi connectivity index (χ3v) is 3.87. The van der Waals surface area contributed by atoms with E-state index in [0.29, 0.717) is 35.3 Å². The molecule has 0 spiro atoms. The molecule has 8 nitrogen and oxygen atoms in total. The number of imidazole rings is 1. The maximum absolute atomic E-state index is 6.04. The van der Waals surface area contributed by atoms with Crippen LogP contribution in [0, 0.1) is 0 Å². The zero-order valence-electron chi connectivity index (χ0n) is 12.6. The largest absolute Gasteiger partial charge is 0.467 e. The summed E-state index contributed by atoms with van der Waals surface area (Å²) in [6.07, 6.45) is 4.65. The second kappa shape index (κ2) is 5.88. The van der Waals surface area contributed by atoms with Crippen LogP contribution in [0.4, 0.5) is 11.8 Å². The highest BCUT2D eigenvalue weighted by Crippen LogP contribution is 2.28. The summed E-state index contributed by atoms with van der Waals surface area (Å²) in [6.45, 7) is 1.27. The minimum Gasteiger partial charge on any atom is -0.467 e. The van der Waals surface area contributed by atoms with Crippen molar-refractivity contribution in [3.05, 3.63) is 30.0 Å². The van der Waals surface area contributed by atoms with Crippen LogP contribution in [0.2, 0.25) is 0 Å². The van der Waals surface area contributed by atoms with E-state index in [0.717, 1.165) is 31.6 Å². The maximum atomic E-state index is 6.04. The third-order valence-electron chi connectivity index (χ3n) is 3.87. The summed E-state index contributed by atoms with van der Waals surface area (Å²) in [5.41, 5.74) is 7.22. The second-order valence-electron chi connectivity index (χ2n) is 5.54. The van der Waals surface area contributed by atoms with Crippen LogP contribution in [-0.4, -0.2) is 26.5 Å². The van der Waals surface area contributed by atoms with Crippen LogP contribution >= 0.6 is 0 Å². The molecule has 1 aliphatic heterocycles. The molecule has 0 saturated carbocycles. The molecule has 0 aromatic carbocycles. The van der Waals surface area contributed by atoms with E-state index < -0.39 is 0 Å². The quantitative estimate of drug-likeness (QED) is 0.677. The van der Waals surface area contributed by atoms with Crippen LogP contribution in [0.3, 0.4) is 0 Å². The maximum Gasteiger partial charge on any atom is 0.203 e. The summed E-state index contributed by atoms with van der Waals surface area (Å²) >= 11 is 0. The van der Waals surface area contributed by atoms with Crippen molar-refractivity contribution in [1.29, 1.82) is 0 Å². The van der Waals surface area contributed by atoms with Gasteiger partial charge in [-0.05, 0) is 31.4 Å². The molecule has 1 unspecified atom stereocenters. The van der Waals surface area contributed by atoms with Crippen LogP contribution in [-0.2, 0) is 11.3 Å². The monoisotopic (exact) mass is 314 g/mol. The number of nitrogen functional groups attached to an aromatic ring is 1. The van der Waals surface area contributed by atoms with Gasteiger partial charge in [0.1, 0.15) is 17.4 Å². The number of furan rings is 1. The Kier molecular flexibility index (Phi) is 3.58. The fourth-order valence-electron chi connectivity index (χ4n) is 2.69. The zero-order chi connectivity index (χ0) is 15.6. The number of nitrogens with two attached hydrogens (primary N) is 1. The van der Waals surface area contributed by atoms with E-state index in [1.165, 1.54) is 0 Å². The second-order valence-corrected chi connectivity index (χ2v) is 5.54. The molecule has 1 aliphatic rings. The van der Waals surface area contributed by atoms with Gasteiger partial charge in [-0.25, -0.2) is 9.97 Å². The molecule has 0 aliphatic carbocycles. The number of rotatable bonds is 4. The third kappa shape index (κ3) is 2.85.